The van der Waals surface area contributed by atoms with E-state index in [1.165, 1.54) is 14.2 Å². The van der Waals surface area contributed by atoms with Gasteiger partial charge in [0.2, 0.25) is 0 Å². The van der Waals surface area contributed by atoms with Crippen LogP contribution in [0.25, 0.3) is 0 Å². The average Bonchev–Trinajstić information content (AvgIpc) is 2.42. The van der Waals surface area contributed by atoms with Gasteiger partial charge < -0.3 is 19.5 Å². The van der Waals surface area contributed by atoms with Crippen LogP contribution in [0.15, 0.2) is 12.2 Å². The predicted octanol–water partition coefficient (Wildman–Crippen LogP) is 1.81. The third-order valence-electron chi connectivity index (χ3n) is 2.59. The van der Waals surface area contributed by atoms with Crippen LogP contribution < -0.4 is 5.32 Å². The fraction of sp³-hybridized carbons (Fsp3) is 0.667. The van der Waals surface area contributed by atoms with E-state index in [-0.39, 0.29) is 6.42 Å². The van der Waals surface area contributed by atoms with Crippen molar-refractivity contribution in [1.82, 2.24) is 5.32 Å². The first-order valence-electron chi connectivity index (χ1n) is 6.92. The number of carbonyl (C=O) groups excluding carboxylic acids is 3. The number of alkyl carbamates (subject to hydrolysis) is 1. The molecule has 0 radical (unpaired) electrons. The first-order valence-corrected chi connectivity index (χ1v) is 6.92. The molecule has 0 spiro atoms. The molecule has 1 N–H and O–H groups in total. The number of carbonyl (C=O) groups is 3. The maximum Gasteiger partial charge on any atom is 0.408 e. The zero-order valence-corrected chi connectivity index (χ0v) is 14.0. The average molecular weight is 315 g/mol. The van der Waals surface area contributed by atoms with Gasteiger partial charge in [0.1, 0.15) is 11.6 Å². The number of hydrogen-bond donors (Lipinski definition) is 1. The minimum absolute atomic E-state index is 0.0168. The van der Waals surface area contributed by atoms with Crippen molar-refractivity contribution in [2.75, 3.05) is 14.2 Å². The molecule has 0 aromatic carbocycles. The third kappa shape index (κ3) is 7.66. The molecule has 0 aliphatic rings. The van der Waals surface area contributed by atoms with Crippen molar-refractivity contribution in [3.63, 3.8) is 0 Å². The molecular weight excluding hydrogens is 290 g/mol. The molecule has 0 fully saturated rings. The lowest BCUT2D eigenvalue weighted by Crippen LogP contribution is -2.45. The molecule has 0 bridgehead atoms. The Morgan fingerprint density at radius 3 is 2.05 bits per heavy atom. The van der Waals surface area contributed by atoms with Crippen LogP contribution in [0.3, 0.4) is 0 Å². The zero-order chi connectivity index (χ0) is 17.3. The second-order valence-corrected chi connectivity index (χ2v) is 5.61. The molecule has 0 aromatic heterocycles. The lowest BCUT2D eigenvalue weighted by atomic mass is 9.99. The fourth-order valence-corrected chi connectivity index (χ4v) is 1.70. The van der Waals surface area contributed by atoms with E-state index in [1.807, 2.05) is 0 Å². The van der Waals surface area contributed by atoms with E-state index in [0.29, 0.717) is 0 Å². The summed E-state index contributed by atoms with van der Waals surface area (Å²) in [5, 5.41) is 2.41. The molecule has 0 aliphatic heterocycles. The third-order valence-corrected chi connectivity index (χ3v) is 2.59. The van der Waals surface area contributed by atoms with E-state index in [4.69, 9.17) is 4.74 Å². The Morgan fingerprint density at radius 2 is 1.64 bits per heavy atom. The summed E-state index contributed by atoms with van der Waals surface area (Å²) < 4.78 is 14.4. The summed E-state index contributed by atoms with van der Waals surface area (Å²) in [6, 6.07) is -1.01. The highest BCUT2D eigenvalue weighted by Crippen LogP contribution is 2.14. The molecule has 0 aromatic rings. The first kappa shape index (κ1) is 19.9. The molecule has 0 heterocycles. The van der Waals surface area contributed by atoms with E-state index in [2.05, 4.69) is 14.8 Å². The van der Waals surface area contributed by atoms with Crippen LogP contribution in [0.4, 0.5) is 4.79 Å². The van der Waals surface area contributed by atoms with E-state index < -0.39 is 35.6 Å². The van der Waals surface area contributed by atoms with Gasteiger partial charge in [-0.05, 0) is 34.1 Å². The quantitative estimate of drug-likeness (QED) is 0.456. The summed E-state index contributed by atoms with van der Waals surface area (Å²) in [6.45, 7) is 6.86. The summed E-state index contributed by atoms with van der Waals surface area (Å²) in [5.74, 6) is -1.84. The second-order valence-electron chi connectivity index (χ2n) is 5.61. The minimum Gasteiger partial charge on any atom is -0.469 e. The normalized spacial score (nSPS) is 14.1. The van der Waals surface area contributed by atoms with Crippen LogP contribution in [-0.4, -0.2) is 43.9 Å². The Bertz CT molecular complexity index is 424. The predicted molar refractivity (Wildman–Crippen MR) is 80.1 cm³/mol. The molecule has 7 nitrogen and oxygen atoms in total. The highest BCUT2D eigenvalue weighted by molar-refractivity contribution is 5.83. The van der Waals surface area contributed by atoms with Gasteiger partial charge in [0, 0.05) is 0 Å². The second kappa shape index (κ2) is 9.07. The highest BCUT2D eigenvalue weighted by Gasteiger charge is 2.30. The number of nitrogens with one attached hydrogen (secondary N) is 1. The van der Waals surface area contributed by atoms with E-state index in [1.54, 1.807) is 39.8 Å². The number of methoxy groups -OCH3 is 2. The van der Waals surface area contributed by atoms with E-state index in [0.717, 1.165) is 0 Å². The van der Waals surface area contributed by atoms with Crippen LogP contribution in [0, 0.1) is 5.92 Å². The zero-order valence-electron chi connectivity index (χ0n) is 14.0. The lowest BCUT2D eigenvalue weighted by Gasteiger charge is -2.23. The van der Waals surface area contributed by atoms with Gasteiger partial charge in [0.15, 0.2) is 0 Å². The number of ether oxygens (including phenoxy) is 3. The highest BCUT2D eigenvalue weighted by atomic mass is 16.6. The van der Waals surface area contributed by atoms with Crippen molar-refractivity contribution >= 4 is 18.0 Å². The summed E-state index contributed by atoms with van der Waals surface area (Å²) in [4.78, 5) is 35.3. The van der Waals surface area contributed by atoms with Gasteiger partial charge in [-0.3, -0.25) is 4.79 Å². The van der Waals surface area contributed by atoms with Crippen LogP contribution in [-0.2, 0) is 23.8 Å². The molecule has 1 amide bonds. The molecule has 0 saturated heterocycles. The van der Waals surface area contributed by atoms with Gasteiger partial charge in [-0.2, -0.15) is 0 Å². The number of esters is 2. The van der Waals surface area contributed by atoms with Crippen molar-refractivity contribution in [3.8, 4) is 0 Å². The smallest absolute Gasteiger partial charge is 0.408 e. The summed E-state index contributed by atoms with van der Waals surface area (Å²) in [5.41, 5.74) is -0.699. The summed E-state index contributed by atoms with van der Waals surface area (Å²) >= 11 is 0. The number of allylic oxidation sites excluding steroid dienone is 1. The van der Waals surface area contributed by atoms with Crippen molar-refractivity contribution in [1.29, 1.82) is 0 Å². The van der Waals surface area contributed by atoms with Crippen LogP contribution in [0.5, 0.6) is 0 Å². The SMILES string of the molecule is C/C=C/[C@@H](C[C@H](NC(=O)OC(C)(C)C)C(=O)OC)C(=O)OC. The van der Waals surface area contributed by atoms with Gasteiger partial charge in [-0.25, -0.2) is 9.59 Å². The molecule has 0 saturated carbocycles. The molecule has 2 atom stereocenters. The summed E-state index contributed by atoms with van der Waals surface area (Å²) in [6.07, 6.45) is 2.53. The molecular formula is C15H25NO6. The minimum atomic E-state index is -1.01. The Labute approximate surface area is 131 Å². The Hall–Kier alpha value is -2.05. The van der Waals surface area contributed by atoms with Gasteiger partial charge in [0.05, 0.1) is 20.1 Å². The van der Waals surface area contributed by atoms with Gasteiger partial charge in [-0.1, -0.05) is 12.2 Å². The van der Waals surface area contributed by atoms with Gasteiger partial charge in [-0.15, -0.1) is 0 Å². The number of amides is 1. The van der Waals surface area contributed by atoms with E-state index in [9.17, 15) is 14.4 Å². The molecule has 0 aliphatic carbocycles. The number of rotatable bonds is 6. The maximum atomic E-state index is 11.8. The Kier molecular flexibility index (Phi) is 8.22. The maximum absolute atomic E-state index is 11.8. The molecule has 0 unspecified atom stereocenters. The summed E-state index contributed by atoms with van der Waals surface area (Å²) in [7, 11) is 2.46. The van der Waals surface area contributed by atoms with Crippen molar-refractivity contribution in [3.05, 3.63) is 12.2 Å². The number of hydrogen-bond acceptors (Lipinski definition) is 6. The van der Waals surface area contributed by atoms with Crippen LogP contribution in [0.2, 0.25) is 0 Å². The molecule has 22 heavy (non-hydrogen) atoms. The lowest BCUT2D eigenvalue weighted by molar-refractivity contribution is -0.146. The Morgan fingerprint density at radius 1 is 1.09 bits per heavy atom. The largest absolute Gasteiger partial charge is 0.469 e. The van der Waals surface area contributed by atoms with Crippen LogP contribution in [0.1, 0.15) is 34.1 Å². The van der Waals surface area contributed by atoms with Crippen molar-refractivity contribution in [2.45, 2.75) is 45.8 Å². The standard InChI is InChI=1S/C15H25NO6/c1-7-8-10(12(17)20-5)9-11(13(18)21-6)16-14(19)22-15(2,3)4/h7-8,10-11H,9H2,1-6H3,(H,16,19)/b8-7+/t10-,11-/m0/s1. The monoisotopic (exact) mass is 315 g/mol. The molecule has 0 rings (SSSR count). The fourth-order valence-electron chi connectivity index (χ4n) is 1.70. The topological polar surface area (TPSA) is 90.9 Å². The van der Waals surface area contributed by atoms with Crippen LogP contribution >= 0.6 is 0 Å². The van der Waals surface area contributed by atoms with Gasteiger partial charge in [0.25, 0.3) is 0 Å². The van der Waals surface area contributed by atoms with E-state index >= 15 is 0 Å². The molecule has 7 heteroatoms. The Balaban J connectivity index is 5.01. The first-order chi connectivity index (χ1) is 10.1. The van der Waals surface area contributed by atoms with Gasteiger partial charge >= 0.3 is 18.0 Å². The molecule has 126 valence electrons. The van der Waals surface area contributed by atoms with Crippen molar-refractivity contribution < 1.29 is 28.6 Å². The van der Waals surface area contributed by atoms with Crippen molar-refractivity contribution in [2.24, 2.45) is 5.92 Å².